The summed E-state index contributed by atoms with van der Waals surface area (Å²) in [5.74, 6) is 1.38. The van der Waals surface area contributed by atoms with E-state index in [1.54, 1.807) is 0 Å². The minimum Gasteiger partial charge on any atom is -0.379 e. The van der Waals surface area contributed by atoms with Gasteiger partial charge in [0.05, 0.1) is 24.8 Å². The minimum atomic E-state index is 0.276. The van der Waals surface area contributed by atoms with E-state index in [-0.39, 0.29) is 6.04 Å². The first-order chi connectivity index (χ1) is 12.6. The highest BCUT2D eigenvalue weighted by atomic mass is 16.5. The van der Waals surface area contributed by atoms with E-state index in [1.165, 1.54) is 27.6 Å². The second-order valence-electron chi connectivity index (χ2n) is 7.34. The van der Waals surface area contributed by atoms with Gasteiger partial charge >= 0.3 is 0 Å². The molecule has 0 aliphatic carbocycles. The summed E-state index contributed by atoms with van der Waals surface area (Å²) in [6.07, 6.45) is 4.70. The van der Waals surface area contributed by atoms with E-state index < -0.39 is 0 Å². The van der Waals surface area contributed by atoms with Crippen molar-refractivity contribution in [3.63, 3.8) is 0 Å². The summed E-state index contributed by atoms with van der Waals surface area (Å²) in [5.41, 5.74) is 6.19. The fourth-order valence-electron chi connectivity index (χ4n) is 3.74. The van der Waals surface area contributed by atoms with Crippen molar-refractivity contribution in [1.29, 1.82) is 0 Å². The van der Waals surface area contributed by atoms with Gasteiger partial charge in [0, 0.05) is 23.7 Å². The molecular formula is C22H25N3O. The van der Waals surface area contributed by atoms with Gasteiger partial charge in [0.2, 0.25) is 0 Å². The SMILES string of the molecule is Cc1ccc2c(C)cc(N[C@@H]3COC[C@H]3Cc3ccncc3)nc2c1C. The molecule has 4 rings (SSSR count). The number of nitrogens with zero attached hydrogens (tertiary/aromatic N) is 2. The second-order valence-corrected chi connectivity index (χ2v) is 7.34. The lowest BCUT2D eigenvalue weighted by molar-refractivity contribution is 0.185. The fraction of sp³-hybridized carbons (Fsp3) is 0.364. The molecule has 1 fully saturated rings. The Kier molecular flexibility index (Phi) is 4.60. The maximum Gasteiger partial charge on any atom is 0.127 e. The molecule has 1 N–H and O–H groups in total. The Balaban J connectivity index is 1.59. The molecule has 0 bridgehead atoms. The minimum absolute atomic E-state index is 0.276. The van der Waals surface area contributed by atoms with Crippen LogP contribution in [0.2, 0.25) is 0 Å². The number of fused-ring (bicyclic) bond motifs is 1. The lowest BCUT2D eigenvalue weighted by Crippen LogP contribution is -2.29. The van der Waals surface area contributed by atoms with E-state index in [9.17, 15) is 0 Å². The van der Waals surface area contributed by atoms with Gasteiger partial charge in [0.15, 0.2) is 0 Å². The normalized spacial score (nSPS) is 19.8. The summed E-state index contributed by atoms with van der Waals surface area (Å²) in [7, 11) is 0. The van der Waals surface area contributed by atoms with Crippen molar-refractivity contribution in [3.8, 4) is 0 Å². The quantitative estimate of drug-likeness (QED) is 0.767. The molecule has 1 aliphatic heterocycles. The molecule has 1 aliphatic rings. The van der Waals surface area contributed by atoms with E-state index in [0.717, 1.165) is 31.0 Å². The standard InChI is InChI=1S/C22H25N3O/c1-14-4-5-19-15(2)10-21(25-22(19)16(14)3)24-20-13-26-12-18(20)11-17-6-8-23-9-7-17/h4-10,18,20H,11-13H2,1-3H3,(H,24,25)/t18-,20-/m1/s1. The summed E-state index contributed by atoms with van der Waals surface area (Å²) >= 11 is 0. The monoisotopic (exact) mass is 347 g/mol. The van der Waals surface area contributed by atoms with E-state index in [0.29, 0.717) is 5.92 Å². The molecule has 3 heterocycles. The van der Waals surface area contributed by atoms with Gasteiger partial charge in [0.25, 0.3) is 0 Å². The highest BCUT2D eigenvalue weighted by Crippen LogP contribution is 2.27. The van der Waals surface area contributed by atoms with Crippen LogP contribution in [0.5, 0.6) is 0 Å². The van der Waals surface area contributed by atoms with Gasteiger partial charge in [0.1, 0.15) is 5.82 Å². The number of rotatable bonds is 4. The van der Waals surface area contributed by atoms with Gasteiger partial charge in [-0.25, -0.2) is 4.98 Å². The first-order valence-corrected chi connectivity index (χ1v) is 9.22. The lowest BCUT2D eigenvalue weighted by Gasteiger charge is -2.21. The summed E-state index contributed by atoms with van der Waals surface area (Å²) in [5, 5.41) is 4.87. The highest BCUT2D eigenvalue weighted by molar-refractivity contribution is 5.87. The van der Waals surface area contributed by atoms with Gasteiger partial charge in [-0.05, 0) is 67.6 Å². The Hall–Kier alpha value is -2.46. The third kappa shape index (κ3) is 3.29. The van der Waals surface area contributed by atoms with Crippen LogP contribution in [0.15, 0.2) is 42.7 Å². The first kappa shape index (κ1) is 17.0. The summed E-state index contributed by atoms with van der Waals surface area (Å²) in [6.45, 7) is 7.95. The number of hydrogen-bond donors (Lipinski definition) is 1. The molecule has 0 saturated carbocycles. The van der Waals surface area contributed by atoms with Crippen molar-refractivity contribution < 1.29 is 4.74 Å². The molecule has 4 nitrogen and oxygen atoms in total. The molecule has 0 unspecified atom stereocenters. The summed E-state index contributed by atoms with van der Waals surface area (Å²) in [4.78, 5) is 9.03. The van der Waals surface area contributed by atoms with E-state index in [4.69, 9.17) is 9.72 Å². The van der Waals surface area contributed by atoms with Crippen LogP contribution in [-0.2, 0) is 11.2 Å². The highest BCUT2D eigenvalue weighted by Gasteiger charge is 2.28. The van der Waals surface area contributed by atoms with Crippen molar-refractivity contribution in [2.45, 2.75) is 33.2 Å². The molecule has 1 saturated heterocycles. The molecular weight excluding hydrogens is 322 g/mol. The Bertz CT molecular complexity index is 924. The zero-order valence-corrected chi connectivity index (χ0v) is 15.6. The van der Waals surface area contributed by atoms with Gasteiger partial charge in [-0.2, -0.15) is 0 Å². The van der Waals surface area contributed by atoms with Crippen molar-refractivity contribution in [3.05, 3.63) is 65.0 Å². The number of aromatic nitrogens is 2. The van der Waals surface area contributed by atoms with Crippen molar-refractivity contribution >= 4 is 16.7 Å². The summed E-state index contributed by atoms with van der Waals surface area (Å²) in [6, 6.07) is 10.9. The van der Waals surface area contributed by atoms with Gasteiger partial charge < -0.3 is 10.1 Å². The van der Waals surface area contributed by atoms with Crippen LogP contribution in [0, 0.1) is 26.7 Å². The Morgan fingerprint density at radius 3 is 2.65 bits per heavy atom. The largest absolute Gasteiger partial charge is 0.379 e. The van der Waals surface area contributed by atoms with Crippen LogP contribution in [-0.4, -0.2) is 29.2 Å². The number of hydrogen-bond acceptors (Lipinski definition) is 4. The number of nitrogens with one attached hydrogen (secondary N) is 1. The second kappa shape index (κ2) is 7.04. The van der Waals surface area contributed by atoms with E-state index in [2.05, 4.69) is 61.4 Å². The molecule has 0 spiro atoms. The van der Waals surface area contributed by atoms with E-state index in [1.807, 2.05) is 12.4 Å². The Morgan fingerprint density at radius 1 is 1.04 bits per heavy atom. The zero-order chi connectivity index (χ0) is 18.1. The third-order valence-corrected chi connectivity index (χ3v) is 5.49. The van der Waals surface area contributed by atoms with Crippen LogP contribution in [0.1, 0.15) is 22.3 Å². The fourth-order valence-corrected chi connectivity index (χ4v) is 3.74. The molecule has 3 aromatic rings. The molecule has 1 aromatic carbocycles. The smallest absolute Gasteiger partial charge is 0.127 e. The topological polar surface area (TPSA) is 47.0 Å². The molecule has 2 aromatic heterocycles. The molecule has 4 heteroatoms. The van der Waals surface area contributed by atoms with Crippen molar-refractivity contribution in [1.82, 2.24) is 9.97 Å². The number of pyridine rings is 2. The Labute approximate surface area is 154 Å². The van der Waals surface area contributed by atoms with E-state index >= 15 is 0 Å². The van der Waals surface area contributed by atoms with Crippen molar-refractivity contribution in [2.24, 2.45) is 5.92 Å². The zero-order valence-electron chi connectivity index (χ0n) is 15.6. The number of aryl methyl sites for hydroxylation is 3. The van der Waals surface area contributed by atoms with Gasteiger partial charge in [-0.3, -0.25) is 4.98 Å². The predicted octanol–water partition coefficient (Wildman–Crippen LogP) is 4.22. The van der Waals surface area contributed by atoms with Gasteiger partial charge in [-0.1, -0.05) is 12.1 Å². The van der Waals surface area contributed by atoms with Crippen LogP contribution < -0.4 is 5.32 Å². The lowest BCUT2D eigenvalue weighted by atomic mass is 9.95. The molecule has 0 amide bonds. The molecule has 26 heavy (non-hydrogen) atoms. The molecule has 0 radical (unpaired) electrons. The van der Waals surface area contributed by atoms with Crippen LogP contribution in [0.25, 0.3) is 10.9 Å². The number of anilines is 1. The molecule has 2 atom stereocenters. The maximum absolute atomic E-state index is 5.77. The average molecular weight is 347 g/mol. The third-order valence-electron chi connectivity index (χ3n) is 5.49. The van der Waals surface area contributed by atoms with Crippen LogP contribution in [0.4, 0.5) is 5.82 Å². The average Bonchev–Trinajstić information content (AvgIpc) is 3.06. The van der Waals surface area contributed by atoms with Gasteiger partial charge in [-0.15, -0.1) is 0 Å². The summed E-state index contributed by atoms with van der Waals surface area (Å²) < 4.78 is 5.77. The van der Waals surface area contributed by atoms with Crippen molar-refractivity contribution in [2.75, 3.05) is 18.5 Å². The molecule has 134 valence electrons. The van der Waals surface area contributed by atoms with Crippen LogP contribution in [0.3, 0.4) is 0 Å². The first-order valence-electron chi connectivity index (χ1n) is 9.22. The number of benzene rings is 1. The van der Waals surface area contributed by atoms with Crippen LogP contribution >= 0.6 is 0 Å². The maximum atomic E-state index is 5.77. The predicted molar refractivity (Wildman–Crippen MR) is 106 cm³/mol. The number of ether oxygens (including phenoxy) is 1. The Morgan fingerprint density at radius 2 is 1.85 bits per heavy atom.